The molecule has 2 N–H and O–H groups in total. The molecule has 2 amide bonds. The number of hydrogen-bond donors (Lipinski definition) is 2. The van der Waals surface area contributed by atoms with Gasteiger partial charge in [-0.3, -0.25) is 14.4 Å². The Morgan fingerprint density at radius 2 is 1.73 bits per heavy atom. The molecule has 2 unspecified atom stereocenters. The minimum atomic E-state index is -1.17. The largest absolute Gasteiger partial charge is 0.481 e. The van der Waals surface area contributed by atoms with E-state index in [4.69, 9.17) is 9.84 Å². The van der Waals surface area contributed by atoms with Crippen molar-refractivity contribution in [2.24, 2.45) is 11.8 Å². The zero-order valence-electron chi connectivity index (χ0n) is 24.2. The number of hydrogen-bond acceptors (Lipinski definition) is 6. The van der Waals surface area contributed by atoms with Gasteiger partial charge in [-0.2, -0.15) is 0 Å². The number of aliphatic hydroxyl groups excluding tert-OH is 1. The summed E-state index contributed by atoms with van der Waals surface area (Å²) in [6, 6.07) is 6.91. The highest BCUT2D eigenvalue weighted by atomic mass is 16.5. The van der Waals surface area contributed by atoms with Crippen LogP contribution in [0.1, 0.15) is 65.7 Å². The van der Waals surface area contributed by atoms with Crippen LogP contribution < -0.4 is 9.80 Å². The maximum absolute atomic E-state index is 14.6. The van der Waals surface area contributed by atoms with Crippen molar-refractivity contribution in [1.82, 2.24) is 4.90 Å². The molecule has 4 rings (SSSR count). The number of anilines is 2. The third-order valence-corrected chi connectivity index (χ3v) is 9.36. The molecule has 9 nitrogen and oxygen atoms in total. The highest BCUT2D eigenvalue weighted by Crippen LogP contribution is 2.64. The Kier molecular flexibility index (Phi) is 9.25. The lowest BCUT2D eigenvalue weighted by Gasteiger charge is -2.37. The molecule has 3 fully saturated rings. The maximum atomic E-state index is 14.6. The van der Waals surface area contributed by atoms with Crippen LogP contribution in [0.2, 0.25) is 0 Å². The third-order valence-electron chi connectivity index (χ3n) is 9.36. The predicted octanol–water partition coefficient (Wildman–Crippen LogP) is 3.84. The number of likely N-dealkylation sites (tertiary alicyclic amines) is 1. The standard InChI is InChI=1S/C31H45N3O6/c1-5-19-33(23-15-13-22(14-16-23)32(7-3)8-4)28(37)26-31-18-17-30(6-2,40-31)25(29(38)39)24(31)27(36)34(26)20-11-9-10-12-21-35/h5,13-16,24-26,35H,1,6-12,17-21H2,2-4H3,(H,38,39)/t24-,25+,26?,30-,31?/m0/s1. The van der Waals surface area contributed by atoms with Crippen molar-refractivity contribution in [3.8, 4) is 0 Å². The normalized spacial score (nSPS) is 28.6. The van der Waals surface area contributed by atoms with Crippen molar-refractivity contribution in [3.05, 3.63) is 36.9 Å². The first kappa shape index (κ1) is 30.1. The molecule has 3 saturated heterocycles. The van der Waals surface area contributed by atoms with Gasteiger partial charge in [0.25, 0.3) is 5.91 Å². The highest BCUT2D eigenvalue weighted by molar-refractivity contribution is 6.04. The fraction of sp³-hybridized carbons (Fsp3) is 0.645. The van der Waals surface area contributed by atoms with Gasteiger partial charge in [0, 0.05) is 44.2 Å². The number of nitrogens with zero attached hydrogens (tertiary/aromatic N) is 3. The Hall–Kier alpha value is -2.91. The number of rotatable bonds is 15. The predicted molar refractivity (Wildman–Crippen MR) is 154 cm³/mol. The molecule has 1 spiro atoms. The number of aliphatic carboxylic acids is 1. The van der Waals surface area contributed by atoms with Crippen LogP contribution in [0.15, 0.2) is 36.9 Å². The lowest BCUT2D eigenvalue weighted by Crippen LogP contribution is -2.56. The summed E-state index contributed by atoms with van der Waals surface area (Å²) in [4.78, 5) is 46.6. The smallest absolute Gasteiger partial charge is 0.310 e. The average Bonchev–Trinajstić information content (AvgIpc) is 3.56. The Labute approximate surface area is 237 Å². The van der Waals surface area contributed by atoms with Crippen LogP contribution >= 0.6 is 0 Å². The SMILES string of the molecule is C=CCN(C(=O)C1N(CCCCCCO)C(=O)[C@@H]2[C@H](C(=O)O)[C@]3(CC)CCC12O3)c1ccc(N(CC)CC)cc1. The fourth-order valence-corrected chi connectivity index (χ4v) is 7.39. The second kappa shape index (κ2) is 12.3. The van der Waals surface area contributed by atoms with Gasteiger partial charge in [-0.25, -0.2) is 0 Å². The number of carbonyl (C=O) groups is 3. The van der Waals surface area contributed by atoms with Crippen molar-refractivity contribution < 1.29 is 29.3 Å². The Bertz CT molecular complexity index is 1090. The fourth-order valence-electron chi connectivity index (χ4n) is 7.39. The van der Waals surface area contributed by atoms with Crippen molar-refractivity contribution in [1.29, 1.82) is 0 Å². The Balaban J connectivity index is 1.72. The first-order valence-electron chi connectivity index (χ1n) is 14.9. The van der Waals surface area contributed by atoms with Gasteiger partial charge in [0.15, 0.2) is 0 Å². The number of fused-ring (bicyclic) bond motifs is 1. The molecule has 3 heterocycles. The van der Waals surface area contributed by atoms with Gasteiger partial charge in [-0.05, 0) is 70.2 Å². The summed E-state index contributed by atoms with van der Waals surface area (Å²) < 4.78 is 6.66. The number of aliphatic hydroxyl groups is 1. The molecule has 0 radical (unpaired) electrons. The van der Waals surface area contributed by atoms with Crippen LogP contribution in [0.4, 0.5) is 11.4 Å². The summed E-state index contributed by atoms with van der Waals surface area (Å²) in [5, 5.41) is 19.4. The number of carboxylic acid groups (broad SMARTS) is 1. The number of benzene rings is 1. The second-order valence-electron chi connectivity index (χ2n) is 11.3. The first-order valence-corrected chi connectivity index (χ1v) is 14.9. The van der Waals surface area contributed by atoms with Gasteiger partial charge in [0.2, 0.25) is 5.91 Å². The Morgan fingerprint density at radius 1 is 1.07 bits per heavy atom. The van der Waals surface area contributed by atoms with E-state index in [-0.39, 0.29) is 25.0 Å². The summed E-state index contributed by atoms with van der Waals surface area (Å²) >= 11 is 0. The molecular weight excluding hydrogens is 510 g/mol. The van der Waals surface area contributed by atoms with E-state index in [0.717, 1.165) is 31.6 Å². The van der Waals surface area contributed by atoms with Crippen LogP contribution in [0.25, 0.3) is 0 Å². The van der Waals surface area contributed by atoms with E-state index in [1.54, 1.807) is 15.9 Å². The number of carbonyl (C=O) groups excluding carboxylic acids is 2. The second-order valence-corrected chi connectivity index (χ2v) is 11.3. The molecule has 1 aromatic rings. The molecule has 0 aliphatic carbocycles. The van der Waals surface area contributed by atoms with E-state index >= 15 is 0 Å². The maximum Gasteiger partial charge on any atom is 0.310 e. The summed E-state index contributed by atoms with van der Waals surface area (Å²) in [5.74, 6) is -3.46. The van der Waals surface area contributed by atoms with Gasteiger partial charge in [0.05, 0.1) is 11.5 Å². The zero-order valence-corrected chi connectivity index (χ0v) is 24.2. The lowest BCUT2D eigenvalue weighted by atomic mass is 9.65. The molecule has 0 aromatic heterocycles. The van der Waals surface area contributed by atoms with Crippen molar-refractivity contribution in [3.63, 3.8) is 0 Å². The lowest BCUT2D eigenvalue weighted by molar-refractivity contribution is -0.155. The van der Waals surface area contributed by atoms with E-state index in [2.05, 4.69) is 25.3 Å². The molecule has 40 heavy (non-hydrogen) atoms. The number of unbranched alkanes of at least 4 members (excludes halogenated alkanes) is 3. The summed E-state index contributed by atoms with van der Waals surface area (Å²) in [6.07, 6.45) is 6.09. The zero-order chi connectivity index (χ0) is 29.1. The van der Waals surface area contributed by atoms with Gasteiger partial charge in [-0.1, -0.05) is 25.8 Å². The van der Waals surface area contributed by atoms with E-state index in [0.29, 0.717) is 44.3 Å². The van der Waals surface area contributed by atoms with Crippen LogP contribution in [0, 0.1) is 11.8 Å². The molecule has 0 saturated carbocycles. The monoisotopic (exact) mass is 555 g/mol. The molecule has 3 aliphatic heterocycles. The minimum absolute atomic E-state index is 0.117. The molecule has 3 aliphatic rings. The molecule has 5 atom stereocenters. The number of carboxylic acids is 1. The number of ether oxygens (including phenoxy) is 1. The van der Waals surface area contributed by atoms with Crippen LogP contribution in [0.5, 0.6) is 0 Å². The summed E-state index contributed by atoms with van der Waals surface area (Å²) in [6.45, 7) is 12.4. The minimum Gasteiger partial charge on any atom is -0.481 e. The van der Waals surface area contributed by atoms with Crippen molar-refractivity contribution >= 4 is 29.2 Å². The summed E-state index contributed by atoms with van der Waals surface area (Å²) in [7, 11) is 0. The van der Waals surface area contributed by atoms with E-state index in [9.17, 15) is 19.5 Å². The van der Waals surface area contributed by atoms with Crippen LogP contribution in [-0.4, -0.2) is 82.9 Å². The van der Waals surface area contributed by atoms with Crippen LogP contribution in [0.3, 0.4) is 0 Å². The van der Waals surface area contributed by atoms with Crippen molar-refractivity contribution in [2.45, 2.75) is 83.0 Å². The molecule has 1 aromatic carbocycles. The average molecular weight is 556 g/mol. The quantitative estimate of drug-likeness (QED) is 0.250. The third kappa shape index (κ3) is 4.91. The van der Waals surface area contributed by atoms with E-state index < -0.39 is 35.0 Å². The van der Waals surface area contributed by atoms with Gasteiger partial charge in [0.1, 0.15) is 17.6 Å². The van der Waals surface area contributed by atoms with Gasteiger partial charge >= 0.3 is 5.97 Å². The van der Waals surface area contributed by atoms with Gasteiger partial charge in [-0.15, -0.1) is 6.58 Å². The summed E-state index contributed by atoms with van der Waals surface area (Å²) in [5.41, 5.74) is -0.347. The van der Waals surface area contributed by atoms with Crippen LogP contribution in [-0.2, 0) is 19.1 Å². The van der Waals surface area contributed by atoms with E-state index in [1.807, 2.05) is 31.2 Å². The molecule has 220 valence electrons. The van der Waals surface area contributed by atoms with E-state index in [1.165, 1.54) is 0 Å². The molecule has 2 bridgehead atoms. The first-order chi connectivity index (χ1) is 19.2. The van der Waals surface area contributed by atoms with Crippen molar-refractivity contribution in [2.75, 3.05) is 42.6 Å². The number of amides is 2. The molecular formula is C31H45N3O6. The highest BCUT2D eigenvalue weighted by Gasteiger charge is 2.79. The molecule has 9 heteroatoms. The topological polar surface area (TPSA) is 111 Å². The van der Waals surface area contributed by atoms with Gasteiger partial charge < -0.3 is 29.6 Å². The Morgan fingerprint density at radius 3 is 2.30 bits per heavy atom.